The van der Waals surface area contributed by atoms with Crippen LogP contribution in [0, 0.1) is 0 Å². The maximum absolute atomic E-state index is 11.7. The van der Waals surface area contributed by atoms with E-state index in [1.165, 1.54) is 0 Å². The SMILES string of the molecule is CCOC(=O)c1ccc(S(=O)(=O)O)cc1C(=O)OCC.[H-].[Na+]. The van der Waals surface area contributed by atoms with Gasteiger partial charge in [-0.15, -0.1) is 0 Å². The number of rotatable bonds is 5. The van der Waals surface area contributed by atoms with Crippen LogP contribution in [-0.2, 0) is 19.6 Å². The van der Waals surface area contributed by atoms with E-state index in [-0.39, 0.29) is 55.3 Å². The van der Waals surface area contributed by atoms with Crippen molar-refractivity contribution in [1.29, 1.82) is 0 Å². The summed E-state index contributed by atoms with van der Waals surface area (Å²) >= 11 is 0. The molecule has 0 saturated carbocycles. The van der Waals surface area contributed by atoms with Gasteiger partial charge in [0.25, 0.3) is 10.1 Å². The van der Waals surface area contributed by atoms with Crippen LogP contribution in [0.25, 0.3) is 0 Å². The molecular formula is C12H15NaO7S. The molecule has 7 nitrogen and oxygen atoms in total. The molecule has 0 fully saturated rings. The summed E-state index contributed by atoms with van der Waals surface area (Å²) in [7, 11) is -4.49. The third-order valence-corrected chi connectivity index (χ3v) is 3.13. The summed E-state index contributed by atoms with van der Waals surface area (Å²) in [6.07, 6.45) is 0. The number of hydrogen-bond acceptors (Lipinski definition) is 6. The first-order valence-electron chi connectivity index (χ1n) is 5.77. The minimum absolute atomic E-state index is 0. The molecule has 1 aromatic rings. The number of carbonyl (C=O) groups excluding carboxylic acids is 2. The van der Waals surface area contributed by atoms with Crippen LogP contribution in [0.5, 0.6) is 0 Å². The van der Waals surface area contributed by atoms with Crippen LogP contribution < -0.4 is 29.6 Å². The van der Waals surface area contributed by atoms with Gasteiger partial charge in [0.2, 0.25) is 0 Å². The van der Waals surface area contributed by atoms with Gasteiger partial charge in [0.1, 0.15) is 0 Å². The van der Waals surface area contributed by atoms with Crippen LogP contribution >= 0.6 is 0 Å². The zero-order valence-electron chi connectivity index (χ0n) is 13.0. The van der Waals surface area contributed by atoms with Crippen molar-refractivity contribution in [3.63, 3.8) is 0 Å². The molecular weight excluding hydrogens is 311 g/mol. The minimum Gasteiger partial charge on any atom is -1.00 e. The second-order valence-corrected chi connectivity index (χ2v) is 5.04. The fraction of sp³-hybridized carbons (Fsp3) is 0.333. The van der Waals surface area contributed by atoms with Crippen molar-refractivity contribution in [3.8, 4) is 0 Å². The second kappa shape index (κ2) is 8.50. The van der Waals surface area contributed by atoms with Crippen molar-refractivity contribution in [2.75, 3.05) is 13.2 Å². The van der Waals surface area contributed by atoms with Crippen LogP contribution in [0.4, 0.5) is 0 Å². The Morgan fingerprint density at radius 1 is 1.10 bits per heavy atom. The normalized spacial score (nSPS) is 10.4. The molecule has 0 aliphatic carbocycles. The van der Waals surface area contributed by atoms with Gasteiger partial charge in [0, 0.05) is 0 Å². The van der Waals surface area contributed by atoms with Gasteiger partial charge in [-0.1, -0.05) is 0 Å². The maximum atomic E-state index is 11.7. The monoisotopic (exact) mass is 326 g/mol. The van der Waals surface area contributed by atoms with Crippen molar-refractivity contribution < 1.29 is 63.0 Å². The maximum Gasteiger partial charge on any atom is 1.00 e. The summed E-state index contributed by atoms with van der Waals surface area (Å²) in [4.78, 5) is 22.9. The van der Waals surface area contributed by atoms with Crippen LogP contribution in [0.3, 0.4) is 0 Å². The van der Waals surface area contributed by atoms with Crippen molar-refractivity contribution in [3.05, 3.63) is 29.3 Å². The molecule has 1 N–H and O–H groups in total. The van der Waals surface area contributed by atoms with E-state index in [4.69, 9.17) is 14.0 Å². The molecule has 1 aromatic carbocycles. The van der Waals surface area contributed by atoms with E-state index in [0.717, 1.165) is 18.2 Å². The van der Waals surface area contributed by atoms with E-state index >= 15 is 0 Å². The second-order valence-electron chi connectivity index (χ2n) is 3.62. The zero-order valence-corrected chi connectivity index (χ0v) is 14.8. The van der Waals surface area contributed by atoms with Gasteiger partial charge in [0.05, 0.1) is 29.2 Å². The smallest absolute Gasteiger partial charge is 1.00 e. The molecule has 112 valence electrons. The molecule has 0 radical (unpaired) electrons. The molecule has 9 heteroatoms. The quantitative estimate of drug-likeness (QED) is 0.395. The van der Waals surface area contributed by atoms with Crippen LogP contribution in [-0.4, -0.2) is 38.1 Å². The topological polar surface area (TPSA) is 107 Å². The van der Waals surface area contributed by atoms with E-state index in [1.54, 1.807) is 13.8 Å². The number of ether oxygens (including phenoxy) is 2. The molecule has 21 heavy (non-hydrogen) atoms. The van der Waals surface area contributed by atoms with E-state index in [0.29, 0.717) is 0 Å². The van der Waals surface area contributed by atoms with Gasteiger partial charge in [-0.2, -0.15) is 8.42 Å². The molecule has 1 rings (SSSR count). The molecule has 0 unspecified atom stereocenters. The molecule has 0 bridgehead atoms. The first kappa shape index (κ1) is 20.1. The van der Waals surface area contributed by atoms with Crippen LogP contribution in [0.1, 0.15) is 36.0 Å². The van der Waals surface area contributed by atoms with Crippen molar-refractivity contribution in [2.24, 2.45) is 0 Å². The molecule has 0 saturated heterocycles. The largest absolute Gasteiger partial charge is 1.00 e. The minimum atomic E-state index is -4.49. The Morgan fingerprint density at radius 2 is 1.57 bits per heavy atom. The molecule has 0 spiro atoms. The van der Waals surface area contributed by atoms with Gasteiger partial charge in [-0.05, 0) is 32.0 Å². The van der Waals surface area contributed by atoms with E-state index in [2.05, 4.69) is 0 Å². The Labute approximate surface area is 146 Å². The van der Waals surface area contributed by atoms with E-state index in [1.807, 2.05) is 0 Å². The third kappa shape index (κ3) is 5.40. The molecule has 0 aliphatic heterocycles. The first-order valence-corrected chi connectivity index (χ1v) is 7.21. The van der Waals surface area contributed by atoms with E-state index < -0.39 is 27.0 Å². The standard InChI is InChI=1S/C12H14O7S.Na.H/c1-3-18-11(13)9-6-5-8(20(15,16)17)7-10(9)12(14)19-4-2;;/h5-7H,3-4H2,1-2H3,(H,15,16,17);;/q;+1;-1. The Hall–Kier alpha value is -0.930. The van der Waals surface area contributed by atoms with Gasteiger partial charge in [0.15, 0.2) is 0 Å². The number of esters is 2. The molecule has 0 heterocycles. The van der Waals surface area contributed by atoms with Crippen molar-refractivity contribution in [2.45, 2.75) is 18.7 Å². The van der Waals surface area contributed by atoms with Crippen molar-refractivity contribution in [1.82, 2.24) is 0 Å². The average molecular weight is 326 g/mol. The Morgan fingerprint density at radius 3 is 2.00 bits per heavy atom. The first-order chi connectivity index (χ1) is 9.31. The third-order valence-electron chi connectivity index (χ3n) is 2.28. The number of benzene rings is 1. The summed E-state index contributed by atoms with van der Waals surface area (Å²) in [5.41, 5.74) is -0.405. The van der Waals surface area contributed by atoms with Gasteiger partial charge in [-0.25, -0.2) is 9.59 Å². The zero-order chi connectivity index (χ0) is 15.3. The van der Waals surface area contributed by atoms with E-state index in [9.17, 15) is 18.0 Å². The summed E-state index contributed by atoms with van der Waals surface area (Å²) < 4.78 is 40.6. The van der Waals surface area contributed by atoms with Gasteiger partial charge >= 0.3 is 41.5 Å². The van der Waals surface area contributed by atoms with Crippen LogP contribution in [0.15, 0.2) is 23.1 Å². The predicted octanol–water partition coefficient (Wildman–Crippen LogP) is -1.60. The molecule has 0 aromatic heterocycles. The van der Waals surface area contributed by atoms with Crippen LogP contribution in [0.2, 0.25) is 0 Å². The predicted molar refractivity (Wildman–Crippen MR) is 69.3 cm³/mol. The average Bonchev–Trinajstić information content (AvgIpc) is 2.37. The Balaban J connectivity index is 0. The summed E-state index contributed by atoms with van der Waals surface area (Å²) in [5, 5.41) is 0. The summed E-state index contributed by atoms with van der Waals surface area (Å²) in [6, 6.07) is 2.97. The molecule has 0 amide bonds. The Bertz CT molecular complexity index is 630. The van der Waals surface area contributed by atoms with Gasteiger partial charge in [-0.3, -0.25) is 4.55 Å². The van der Waals surface area contributed by atoms with Gasteiger partial charge < -0.3 is 10.9 Å². The summed E-state index contributed by atoms with van der Waals surface area (Å²) in [5.74, 6) is -1.65. The molecule has 0 atom stereocenters. The molecule has 0 aliphatic rings. The fourth-order valence-corrected chi connectivity index (χ4v) is 1.96. The number of hydrogen-bond donors (Lipinski definition) is 1. The van der Waals surface area contributed by atoms with Crippen molar-refractivity contribution >= 4 is 22.1 Å². The summed E-state index contributed by atoms with van der Waals surface area (Å²) in [6.45, 7) is 3.31. The number of carbonyl (C=O) groups is 2. The fourth-order valence-electron chi connectivity index (χ4n) is 1.45. The Kier molecular flexibility index (Phi) is 8.12.